The molecule has 0 N–H and O–H groups in total. The molecule has 1 fully saturated rings. The predicted octanol–water partition coefficient (Wildman–Crippen LogP) is 3.82. The first-order valence-corrected chi connectivity index (χ1v) is 11.1. The highest BCUT2D eigenvalue weighted by atomic mass is 32.2. The number of sulfonamides is 1. The maximum absolute atomic E-state index is 12.8. The molecule has 1 aromatic carbocycles. The fourth-order valence-electron chi connectivity index (χ4n) is 2.70. The van der Waals surface area contributed by atoms with E-state index in [1.165, 1.54) is 23.9 Å². The van der Waals surface area contributed by atoms with E-state index in [0.29, 0.717) is 23.9 Å². The normalized spacial score (nSPS) is 19.8. The van der Waals surface area contributed by atoms with Gasteiger partial charge in [-0.1, -0.05) is 18.2 Å². The fraction of sp³-hybridized carbons (Fsp3) is 0.353. The summed E-state index contributed by atoms with van der Waals surface area (Å²) in [4.78, 5) is 12.9. The predicted molar refractivity (Wildman–Crippen MR) is 99.3 cm³/mol. The van der Waals surface area contributed by atoms with Crippen LogP contribution < -0.4 is 0 Å². The van der Waals surface area contributed by atoms with Crippen molar-refractivity contribution in [2.45, 2.75) is 23.5 Å². The van der Waals surface area contributed by atoms with Gasteiger partial charge >= 0.3 is 0 Å². The number of carbonyl (C=O) groups is 1. The monoisotopic (exact) mass is 381 g/mol. The van der Waals surface area contributed by atoms with E-state index in [0.717, 1.165) is 12.2 Å². The van der Waals surface area contributed by atoms with Crippen molar-refractivity contribution in [3.05, 3.63) is 52.2 Å². The van der Waals surface area contributed by atoms with Gasteiger partial charge in [0.05, 0.1) is 4.90 Å². The molecule has 2 aromatic rings. The van der Waals surface area contributed by atoms with Crippen molar-refractivity contribution in [2.75, 3.05) is 18.8 Å². The van der Waals surface area contributed by atoms with Gasteiger partial charge in [0.1, 0.15) is 0 Å². The maximum atomic E-state index is 12.8. The standard InChI is InChI=1S/C17H19NO3S3/c1-13(19)14-4-6-15(7-5-14)24(20,21)18-9-8-17(23-12-10-18)16-3-2-11-22-16/h2-7,11,17H,8-10,12H2,1H3. The van der Waals surface area contributed by atoms with Crippen molar-refractivity contribution in [2.24, 2.45) is 0 Å². The van der Waals surface area contributed by atoms with E-state index in [1.54, 1.807) is 27.8 Å². The molecular formula is C17H19NO3S3. The average Bonchev–Trinajstić information content (AvgIpc) is 2.99. The van der Waals surface area contributed by atoms with Gasteiger partial charge in [0, 0.05) is 34.5 Å². The zero-order valence-corrected chi connectivity index (χ0v) is 15.8. The van der Waals surface area contributed by atoms with Crippen LogP contribution in [0.2, 0.25) is 0 Å². The molecule has 0 saturated carbocycles. The Morgan fingerprint density at radius 2 is 1.92 bits per heavy atom. The van der Waals surface area contributed by atoms with Gasteiger partial charge in [-0.15, -0.1) is 11.3 Å². The minimum Gasteiger partial charge on any atom is -0.295 e. The lowest BCUT2D eigenvalue weighted by Gasteiger charge is -2.20. The van der Waals surface area contributed by atoms with E-state index in [2.05, 4.69) is 11.4 Å². The van der Waals surface area contributed by atoms with Gasteiger partial charge in [-0.2, -0.15) is 16.1 Å². The van der Waals surface area contributed by atoms with Gasteiger partial charge in [-0.3, -0.25) is 4.79 Å². The third-order valence-corrected chi connectivity index (χ3v) is 8.42. The minimum absolute atomic E-state index is 0.0658. The Labute approximate surface area is 150 Å². The highest BCUT2D eigenvalue weighted by Gasteiger charge is 2.28. The summed E-state index contributed by atoms with van der Waals surface area (Å²) in [6, 6.07) is 10.4. The van der Waals surface area contributed by atoms with E-state index in [9.17, 15) is 13.2 Å². The first kappa shape index (κ1) is 17.7. The number of hydrogen-bond donors (Lipinski definition) is 0. The third-order valence-electron chi connectivity index (χ3n) is 4.06. The van der Waals surface area contributed by atoms with Crippen molar-refractivity contribution in [1.29, 1.82) is 0 Å². The molecule has 0 radical (unpaired) electrons. The third kappa shape index (κ3) is 3.74. The van der Waals surface area contributed by atoms with Gasteiger partial charge in [-0.05, 0) is 36.9 Å². The molecule has 1 atom stereocenters. The lowest BCUT2D eigenvalue weighted by molar-refractivity contribution is 0.101. The molecule has 1 aromatic heterocycles. The first-order valence-electron chi connectivity index (χ1n) is 7.74. The zero-order chi connectivity index (χ0) is 17.2. The number of thioether (sulfide) groups is 1. The second-order valence-corrected chi connectivity index (χ2v) is 9.88. The fourth-order valence-corrected chi connectivity index (χ4v) is 6.51. The van der Waals surface area contributed by atoms with Crippen molar-refractivity contribution in [3.63, 3.8) is 0 Å². The number of benzene rings is 1. The second-order valence-electron chi connectivity index (χ2n) is 5.65. The number of thiophene rings is 1. The molecule has 4 nitrogen and oxygen atoms in total. The van der Waals surface area contributed by atoms with Gasteiger partial charge in [0.2, 0.25) is 10.0 Å². The van der Waals surface area contributed by atoms with Crippen LogP contribution in [0.4, 0.5) is 0 Å². The van der Waals surface area contributed by atoms with Crippen LogP contribution in [0.25, 0.3) is 0 Å². The van der Waals surface area contributed by atoms with Crippen LogP contribution in [0.5, 0.6) is 0 Å². The number of Topliss-reactive ketones (excluding diaryl/α,β-unsaturated/α-hetero) is 1. The van der Waals surface area contributed by atoms with Crippen molar-refractivity contribution >= 4 is 38.9 Å². The Morgan fingerprint density at radius 1 is 1.17 bits per heavy atom. The van der Waals surface area contributed by atoms with Gasteiger partial charge in [-0.25, -0.2) is 8.42 Å². The molecular weight excluding hydrogens is 362 g/mol. The van der Waals surface area contributed by atoms with E-state index < -0.39 is 10.0 Å². The van der Waals surface area contributed by atoms with Crippen LogP contribution in [0.15, 0.2) is 46.7 Å². The molecule has 0 amide bonds. The molecule has 24 heavy (non-hydrogen) atoms. The quantitative estimate of drug-likeness (QED) is 0.756. The smallest absolute Gasteiger partial charge is 0.243 e. The summed E-state index contributed by atoms with van der Waals surface area (Å²) in [7, 11) is -3.51. The highest BCUT2D eigenvalue weighted by molar-refractivity contribution is 7.99. The van der Waals surface area contributed by atoms with Crippen molar-refractivity contribution in [1.82, 2.24) is 4.31 Å². The van der Waals surface area contributed by atoms with E-state index in [1.807, 2.05) is 17.8 Å². The molecule has 3 rings (SSSR count). The molecule has 0 aliphatic carbocycles. The summed E-state index contributed by atoms with van der Waals surface area (Å²) in [6.07, 6.45) is 0.815. The van der Waals surface area contributed by atoms with Gasteiger partial charge in [0.15, 0.2) is 5.78 Å². The molecule has 7 heteroatoms. The topological polar surface area (TPSA) is 54.5 Å². The molecule has 128 valence electrons. The molecule has 1 aliphatic heterocycles. The summed E-state index contributed by atoms with van der Waals surface area (Å²) in [5.41, 5.74) is 0.526. The SMILES string of the molecule is CC(=O)c1ccc(S(=O)(=O)N2CCSC(c3cccs3)CC2)cc1. The Kier molecular flexibility index (Phi) is 5.44. The molecule has 0 spiro atoms. The van der Waals surface area contributed by atoms with Crippen LogP contribution >= 0.6 is 23.1 Å². The van der Waals surface area contributed by atoms with Crippen LogP contribution in [0.3, 0.4) is 0 Å². The second kappa shape index (κ2) is 7.39. The highest BCUT2D eigenvalue weighted by Crippen LogP contribution is 2.37. The molecule has 1 aliphatic rings. The Balaban J connectivity index is 1.76. The molecule has 2 heterocycles. The number of carbonyl (C=O) groups excluding carboxylic acids is 1. The lowest BCUT2D eigenvalue weighted by Crippen LogP contribution is -2.33. The molecule has 0 bridgehead atoms. The Hall–Kier alpha value is -1.15. The molecule has 1 unspecified atom stereocenters. The zero-order valence-electron chi connectivity index (χ0n) is 13.3. The van der Waals surface area contributed by atoms with Gasteiger partial charge in [0.25, 0.3) is 0 Å². The molecule has 1 saturated heterocycles. The number of hydrogen-bond acceptors (Lipinski definition) is 5. The van der Waals surface area contributed by atoms with E-state index >= 15 is 0 Å². The Morgan fingerprint density at radius 3 is 2.54 bits per heavy atom. The summed E-state index contributed by atoms with van der Waals surface area (Å²) < 4.78 is 27.3. The first-order chi connectivity index (χ1) is 11.5. The summed E-state index contributed by atoms with van der Waals surface area (Å²) in [5, 5.41) is 2.43. The van der Waals surface area contributed by atoms with Crippen molar-refractivity contribution in [3.8, 4) is 0 Å². The Bertz CT molecular complexity index is 798. The van der Waals surface area contributed by atoms with Crippen LogP contribution in [-0.4, -0.2) is 37.3 Å². The largest absolute Gasteiger partial charge is 0.295 e. The van der Waals surface area contributed by atoms with Crippen molar-refractivity contribution < 1.29 is 13.2 Å². The summed E-state index contributed by atoms with van der Waals surface area (Å²) >= 11 is 3.55. The summed E-state index contributed by atoms with van der Waals surface area (Å²) in [5.74, 6) is 0.719. The van der Waals surface area contributed by atoms with Crippen LogP contribution in [-0.2, 0) is 10.0 Å². The maximum Gasteiger partial charge on any atom is 0.243 e. The lowest BCUT2D eigenvalue weighted by atomic mass is 10.2. The number of nitrogens with zero attached hydrogens (tertiary/aromatic N) is 1. The van der Waals surface area contributed by atoms with E-state index in [4.69, 9.17) is 0 Å². The van der Waals surface area contributed by atoms with Crippen LogP contribution in [0, 0.1) is 0 Å². The van der Waals surface area contributed by atoms with Gasteiger partial charge < -0.3 is 0 Å². The van der Waals surface area contributed by atoms with E-state index in [-0.39, 0.29) is 10.7 Å². The average molecular weight is 382 g/mol. The number of rotatable bonds is 4. The van der Waals surface area contributed by atoms with Crippen LogP contribution in [0.1, 0.15) is 33.8 Å². The number of ketones is 1. The summed E-state index contributed by atoms with van der Waals surface area (Å²) in [6.45, 7) is 2.51. The minimum atomic E-state index is -3.51.